The minimum atomic E-state index is -0.414. The van der Waals surface area contributed by atoms with Crippen LogP contribution in [0.4, 0.5) is 11.4 Å². The highest BCUT2D eigenvalue weighted by atomic mass is 16.6. The number of hydrogen-bond acceptors (Lipinski definition) is 7. The van der Waals surface area contributed by atoms with Gasteiger partial charge in [0.25, 0.3) is 0 Å². The normalized spacial score (nSPS) is 18.7. The number of nitrogens with zero attached hydrogens (tertiary/aromatic N) is 3. The molecule has 0 radical (unpaired) electrons. The van der Waals surface area contributed by atoms with Crippen LogP contribution < -0.4 is 9.64 Å². The summed E-state index contributed by atoms with van der Waals surface area (Å²) < 4.78 is 10.6. The number of carbonyl (C=O) groups excluding carboxylic acids is 1. The van der Waals surface area contributed by atoms with Gasteiger partial charge in [-0.1, -0.05) is 13.3 Å². The highest BCUT2D eigenvalue weighted by Gasteiger charge is 2.29. The van der Waals surface area contributed by atoms with E-state index >= 15 is 0 Å². The lowest BCUT2D eigenvalue weighted by Gasteiger charge is -2.38. The van der Waals surface area contributed by atoms with Crippen molar-refractivity contribution in [2.75, 3.05) is 51.3 Å². The second-order valence-electron chi connectivity index (χ2n) is 8.64. The summed E-state index contributed by atoms with van der Waals surface area (Å²) in [5.74, 6) is 0.997. The van der Waals surface area contributed by atoms with Crippen molar-refractivity contribution in [3.63, 3.8) is 0 Å². The Kier molecular flexibility index (Phi) is 8.51. The molecule has 0 aliphatic carbocycles. The average molecular weight is 434 g/mol. The zero-order valence-corrected chi connectivity index (χ0v) is 18.8. The summed E-state index contributed by atoms with van der Waals surface area (Å²) in [6, 6.07) is 5.10. The second kappa shape index (κ2) is 11.3. The summed E-state index contributed by atoms with van der Waals surface area (Å²) in [5.41, 5.74) is 0.974. The van der Waals surface area contributed by atoms with E-state index in [1.54, 1.807) is 6.07 Å². The highest BCUT2D eigenvalue weighted by molar-refractivity contribution is 5.72. The van der Waals surface area contributed by atoms with Crippen LogP contribution in [0.3, 0.4) is 0 Å². The number of nitro groups is 1. The van der Waals surface area contributed by atoms with E-state index in [0.29, 0.717) is 18.3 Å². The summed E-state index contributed by atoms with van der Waals surface area (Å²) in [7, 11) is 1.46. The van der Waals surface area contributed by atoms with Gasteiger partial charge in [0.2, 0.25) is 0 Å². The van der Waals surface area contributed by atoms with Gasteiger partial charge in [-0.25, -0.2) is 0 Å². The number of rotatable bonds is 9. The maximum absolute atomic E-state index is 12.2. The number of esters is 1. The fraction of sp³-hybridized carbons (Fsp3) is 0.696. The summed E-state index contributed by atoms with van der Waals surface area (Å²) >= 11 is 0. The van der Waals surface area contributed by atoms with Crippen molar-refractivity contribution in [2.24, 2.45) is 11.8 Å². The van der Waals surface area contributed by atoms with Crippen LogP contribution in [0.1, 0.15) is 45.4 Å². The van der Waals surface area contributed by atoms with Gasteiger partial charge in [-0.15, -0.1) is 0 Å². The molecule has 8 heteroatoms. The lowest BCUT2D eigenvalue weighted by atomic mass is 9.92. The van der Waals surface area contributed by atoms with E-state index < -0.39 is 4.92 Å². The van der Waals surface area contributed by atoms with E-state index in [-0.39, 0.29) is 17.6 Å². The molecule has 0 atom stereocenters. The monoisotopic (exact) mass is 433 g/mol. The third kappa shape index (κ3) is 6.32. The molecule has 0 aromatic heterocycles. The quantitative estimate of drug-likeness (QED) is 0.253. The van der Waals surface area contributed by atoms with Crippen LogP contribution >= 0.6 is 0 Å². The van der Waals surface area contributed by atoms with E-state index in [0.717, 1.165) is 76.9 Å². The van der Waals surface area contributed by atoms with Crippen molar-refractivity contribution < 1.29 is 19.2 Å². The molecule has 2 aliphatic rings. The molecule has 2 heterocycles. The summed E-state index contributed by atoms with van der Waals surface area (Å²) in [5, 5.41) is 11.1. The highest BCUT2D eigenvalue weighted by Crippen LogP contribution is 2.33. The molecule has 8 nitrogen and oxygen atoms in total. The molecule has 1 aromatic carbocycles. The zero-order valence-electron chi connectivity index (χ0n) is 18.8. The Labute approximate surface area is 184 Å². The molecular formula is C23H35N3O5. The maximum atomic E-state index is 12.2. The van der Waals surface area contributed by atoms with Crippen LogP contribution in [0.5, 0.6) is 5.75 Å². The molecule has 0 saturated carbocycles. The predicted molar refractivity (Wildman–Crippen MR) is 120 cm³/mol. The Morgan fingerprint density at radius 1 is 1.16 bits per heavy atom. The first-order valence-corrected chi connectivity index (χ1v) is 11.5. The number of benzene rings is 1. The van der Waals surface area contributed by atoms with Gasteiger partial charge in [0, 0.05) is 37.5 Å². The SMILES string of the molecule is CCCCOC(=O)C1CCN(CC2CCN(c3ccc([N+](=O)[O-])c(OC)c3)CC2)CC1. The van der Waals surface area contributed by atoms with Gasteiger partial charge >= 0.3 is 11.7 Å². The molecule has 172 valence electrons. The Morgan fingerprint density at radius 2 is 1.87 bits per heavy atom. The molecule has 0 bridgehead atoms. The fourth-order valence-corrected chi connectivity index (χ4v) is 4.54. The summed E-state index contributed by atoms with van der Waals surface area (Å²) in [4.78, 5) is 27.6. The largest absolute Gasteiger partial charge is 0.490 e. The summed E-state index contributed by atoms with van der Waals surface area (Å²) in [6.07, 6.45) is 5.97. The molecule has 0 unspecified atom stereocenters. The number of unbranched alkanes of at least 4 members (excludes halogenated alkanes) is 1. The number of hydrogen-bond donors (Lipinski definition) is 0. The van der Waals surface area contributed by atoms with Crippen LogP contribution in [0.2, 0.25) is 0 Å². The first-order valence-electron chi connectivity index (χ1n) is 11.5. The second-order valence-corrected chi connectivity index (χ2v) is 8.64. The van der Waals surface area contributed by atoms with E-state index in [2.05, 4.69) is 16.7 Å². The number of nitro benzene ring substituents is 1. The third-order valence-electron chi connectivity index (χ3n) is 6.52. The van der Waals surface area contributed by atoms with Gasteiger partial charge < -0.3 is 19.3 Å². The molecule has 0 N–H and O–H groups in total. The van der Waals surface area contributed by atoms with Gasteiger partial charge in [0.1, 0.15) is 0 Å². The van der Waals surface area contributed by atoms with Crippen LogP contribution in [-0.2, 0) is 9.53 Å². The van der Waals surface area contributed by atoms with Gasteiger partial charge in [-0.3, -0.25) is 14.9 Å². The molecule has 3 rings (SSSR count). The maximum Gasteiger partial charge on any atom is 0.311 e. The number of carbonyl (C=O) groups is 1. The number of methoxy groups -OCH3 is 1. The average Bonchev–Trinajstić information content (AvgIpc) is 2.79. The molecule has 2 saturated heterocycles. The van der Waals surface area contributed by atoms with Crippen molar-refractivity contribution in [3.8, 4) is 5.75 Å². The Bertz CT molecular complexity index is 741. The lowest BCUT2D eigenvalue weighted by molar-refractivity contribution is -0.385. The van der Waals surface area contributed by atoms with Crippen LogP contribution in [0, 0.1) is 22.0 Å². The van der Waals surface area contributed by atoms with Crippen molar-refractivity contribution >= 4 is 17.3 Å². The van der Waals surface area contributed by atoms with Gasteiger partial charge in [-0.2, -0.15) is 0 Å². The number of ether oxygens (including phenoxy) is 2. The number of piperidine rings is 2. The lowest BCUT2D eigenvalue weighted by Crippen LogP contribution is -2.42. The minimum Gasteiger partial charge on any atom is -0.490 e. The molecule has 0 spiro atoms. The van der Waals surface area contributed by atoms with E-state index in [9.17, 15) is 14.9 Å². The molecular weight excluding hydrogens is 398 g/mol. The van der Waals surface area contributed by atoms with Crippen molar-refractivity contribution in [2.45, 2.75) is 45.4 Å². The minimum absolute atomic E-state index is 0.00113. The van der Waals surface area contributed by atoms with Crippen molar-refractivity contribution in [3.05, 3.63) is 28.3 Å². The van der Waals surface area contributed by atoms with E-state index in [1.807, 2.05) is 6.07 Å². The van der Waals surface area contributed by atoms with Crippen molar-refractivity contribution in [1.29, 1.82) is 0 Å². The number of anilines is 1. The topological polar surface area (TPSA) is 85.2 Å². The molecule has 1 aromatic rings. The third-order valence-corrected chi connectivity index (χ3v) is 6.52. The molecule has 31 heavy (non-hydrogen) atoms. The first-order chi connectivity index (χ1) is 15.0. The molecule has 2 fully saturated rings. The Balaban J connectivity index is 1.42. The zero-order chi connectivity index (χ0) is 22.2. The van der Waals surface area contributed by atoms with Crippen LogP contribution in [0.15, 0.2) is 18.2 Å². The predicted octanol–water partition coefficient (Wildman–Crippen LogP) is 3.88. The van der Waals surface area contributed by atoms with Crippen molar-refractivity contribution in [1.82, 2.24) is 4.90 Å². The molecule has 2 aliphatic heterocycles. The van der Waals surface area contributed by atoms with Gasteiger partial charge in [-0.05, 0) is 57.2 Å². The number of likely N-dealkylation sites (tertiary alicyclic amines) is 1. The molecule has 0 amide bonds. The van der Waals surface area contributed by atoms with Gasteiger partial charge in [0.05, 0.1) is 24.6 Å². The summed E-state index contributed by atoms with van der Waals surface area (Å²) in [6.45, 7) is 7.53. The van der Waals surface area contributed by atoms with E-state index in [4.69, 9.17) is 9.47 Å². The fourth-order valence-electron chi connectivity index (χ4n) is 4.54. The Morgan fingerprint density at radius 3 is 2.48 bits per heavy atom. The van der Waals surface area contributed by atoms with E-state index in [1.165, 1.54) is 13.2 Å². The first kappa shape index (κ1) is 23.3. The smallest absolute Gasteiger partial charge is 0.311 e. The van der Waals surface area contributed by atoms with Crippen LogP contribution in [-0.4, -0.2) is 62.2 Å². The Hall–Kier alpha value is -2.35. The van der Waals surface area contributed by atoms with Gasteiger partial charge in [0.15, 0.2) is 5.75 Å². The van der Waals surface area contributed by atoms with Crippen LogP contribution in [0.25, 0.3) is 0 Å². The standard InChI is InChI=1S/C23H35N3O5/c1-3-4-15-31-23(27)19-9-11-24(12-10-19)17-18-7-13-25(14-8-18)20-5-6-21(26(28)29)22(16-20)30-2/h5-6,16,18-19H,3-4,7-15,17H2,1-2H3.